The van der Waals surface area contributed by atoms with Crippen LogP contribution in [0.25, 0.3) is 0 Å². The molecule has 2 N–H and O–H groups in total. The Hall–Kier alpha value is -2.93. The van der Waals surface area contributed by atoms with Gasteiger partial charge in [0.25, 0.3) is 5.91 Å². The van der Waals surface area contributed by atoms with Gasteiger partial charge in [0.2, 0.25) is 5.91 Å². The molecule has 7 heteroatoms. The minimum absolute atomic E-state index is 0.0368. The van der Waals surface area contributed by atoms with Gasteiger partial charge in [0.1, 0.15) is 11.9 Å². The standard InChI is InChI=1S/C25H35N5O2/c1-5-29-12-14-30(15-13-29)22-11-10-20(16-26-22)17-27-25(32)23(18(2)3)28-24(31)21-9-7-6-8-19(21)4/h6-11,16,18,23H,5,12-15,17H2,1-4H3,(H,27,32)(H,28,31). The van der Waals surface area contributed by atoms with Crippen LogP contribution in [0.15, 0.2) is 42.6 Å². The van der Waals surface area contributed by atoms with Crippen molar-refractivity contribution in [2.24, 2.45) is 5.92 Å². The predicted molar refractivity (Wildman–Crippen MR) is 128 cm³/mol. The van der Waals surface area contributed by atoms with Gasteiger partial charge in [0.15, 0.2) is 0 Å². The summed E-state index contributed by atoms with van der Waals surface area (Å²) >= 11 is 0. The summed E-state index contributed by atoms with van der Waals surface area (Å²) in [6.45, 7) is 13.5. The molecule has 172 valence electrons. The molecular formula is C25H35N5O2. The molecule has 1 aromatic heterocycles. The largest absolute Gasteiger partial charge is 0.354 e. The van der Waals surface area contributed by atoms with Gasteiger partial charge in [-0.15, -0.1) is 0 Å². The minimum Gasteiger partial charge on any atom is -0.354 e. The highest BCUT2D eigenvalue weighted by atomic mass is 16.2. The lowest BCUT2D eigenvalue weighted by Gasteiger charge is -2.34. The number of nitrogens with one attached hydrogen (secondary N) is 2. The second kappa shape index (κ2) is 11.1. The molecule has 0 saturated carbocycles. The summed E-state index contributed by atoms with van der Waals surface area (Å²) in [4.78, 5) is 34.8. The van der Waals surface area contributed by atoms with Crippen LogP contribution in [0, 0.1) is 12.8 Å². The summed E-state index contributed by atoms with van der Waals surface area (Å²) in [5, 5.41) is 5.84. The Morgan fingerprint density at radius 1 is 1.06 bits per heavy atom. The van der Waals surface area contributed by atoms with E-state index in [-0.39, 0.29) is 17.7 Å². The first-order chi connectivity index (χ1) is 15.4. The number of benzene rings is 1. The highest BCUT2D eigenvalue weighted by molar-refractivity contribution is 5.98. The highest BCUT2D eigenvalue weighted by Crippen LogP contribution is 2.14. The van der Waals surface area contributed by atoms with Crippen LogP contribution in [0.3, 0.4) is 0 Å². The van der Waals surface area contributed by atoms with Gasteiger partial charge in [-0.1, -0.05) is 45.0 Å². The van der Waals surface area contributed by atoms with E-state index in [1.807, 2.05) is 57.3 Å². The summed E-state index contributed by atoms with van der Waals surface area (Å²) in [6.07, 6.45) is 1.82. The highest BCUT2D eigenvalue weighted by Gasteiger charge is 2.25. The van der Waals surface area contributed by atoms with Crippen molar-refractivity contribution in [2.45, 2.75) is 40.3 Å². The average molecular weight is 438 g/mol. The lowest BCUT2D eigenvalue weighted by atomic mass is 10.0. The van der Waals surface area contributed by atoms with Crippen LogP contribution in [-0.4, -0.2) is 60.5 Å². The Morgan fingerprint density at radius 2 is 1.78 bits per heavy atom. The van der Waals surface area contributed by atoms with Gasteiger partial charge in [-0.25, -0.2) is 4.98 Å². The minimum atomic E-state index is -0.607. The van der Waals surface area contributed by atoms with E-state index in [0.29, 0.717) is 12.1 Å². The number of hydrogen-bond acceptors (Lipinski definition) is 5. The Kier molecular flexibility index (Phi) is 8.22. The molecule has 1 saturated heterocycles. The van der Waals surface area contributed by atoms with Gasteiger partial charge in [-0.2, -0.15) is 0 Å². The van der Waals surface area contributed by atoms with E-state index in [2.05, 4.69) is 32.3 Å². The van der Waals surface area contributed by atoms with Crippen molar-refractivity contribution in [1.82, 2.24) is 20.5 Å². The SMILES string of the molecule is CCN1CCN(c2ccc(CNC(=O)C(NC(=O)c3ccccc3C)C(C)C)cn2)CC1. The molecule has 1 aliphatic rings. The van der Waals surface area contributed by atoms with Gasteiger partial charge < -0.3 is 20.4 Å². The molecule has 1 aliphatic heterocycles. The van der Waals surface area contributed by atoms with E-state index in [4.69, 9.17) is 0 Å². The number of amides is 2. The van der Waals surface area contributed by atoms with E-state index < -0.39 is 6.04 Å². The molecule has 3 rings (SSSR count). The lowest BCUT2D eigenvalue weighted by Crippen LogP contribution is -2.49. The summed E-state index contributed by atoms with van der Waals surface area (Å²) < 4.78 is 0. The molecule has 1 unspecified atom stereocenters. The van der Waals surface area contributed by atoms with Gasteiger partial charge in [-0.3, -0.25) is 9.59 Å². The zero-order valence-electron chi connectivity index (χ0n) is 19.6. The quantitative estimate of drug-likeness (QED) is 0.664. The normalized spacial score (nSPS) is 15.5. The zero-order chi connectivity index (χ0) is 23.1. The predicted octanol–water partition coefficient (Wildman–Crippen LogP) is 2.60. The smallest absolute Gasteiger partial charge is 0.252 e. The Morgan fingerprint density at radius 3 is 2.38 bits per heavy atom. The summed E-state index contributed by atoms with van der Waals surface area (Å²) in [6, 6.07) is 10.8. The van der Waals surface area contributed by atoms with Gasteiger partial charge in [0.05, 0.1) is 0 Å². The fourth-order valence-electron chi connectivity index (χ4n) is 3.88. The third-order valence-electron chi connectivity index (χ3n) is 6.04. The first-order valence-electron chi connectivity index (χ1n) is 11.5. The zero-order valence-corrected chi connectivity index (χ0v) is 19.6. The van der Waals surface area contributed by atoms with Crippen LogP contribution in [0.1, 0.15) is 42.3 Å². The Balaban J connectivity index is 1.55. The van der Waals surface area contributed by atoms with Crippen LogP contribution < -0.4 is 15.5 Å². The van der Waals surface area contributed by atoms with Crippen molar-refractivity contribution >= 4 is 17.6 Å². The third-order valence-corrected chi connectivity index (χ3v) is 6.04. The van der Waals surface area contributed by atoms with Crippen molar-refractivity contribution in [2.75, 3.05) is 37.6 Å². The van der Waals surface area contributed by atoms with Crippen LogP contribution >= 0.6 is 0 Å². The topological polar surface area (TPSA) is 77.6 Å². The monoisotopic (exact) mass is 437 g/mol. The molecule has 2 amide bonds. The van der Waals surface area contributed by atoms with Gasteiger partial charge >= 0.3 is 0 Å². The van der Waals surface area contributed by atoms with Crippen molar-refractivity contribution in [1.29, 1.82) is 0 Å². The van der Waals surface area contributed by atoms with Crippen LogP contribution in [0.5, 0.6) is 0 Å². The molecule has 1 aromatic carbocycles. The molecule has 0 aliphatic carbocycles. The molecule has 0 radical (unpaired) electrons. The van der Waals surface area contributed by atoms with Crippen molar-refractivity contribution in [3.05, 3.63) is 59.3 Å². The van der Waals surface area contributed by atoms with Crippen LogP contribution in [0.4, 0.5) is 5.82 Å². The molecule has 32 heavy (non-hydrogen) atoms. The number of nitrogens with zero attached hydrogens (tertiary/aromatic N) is 3. The number of anilines is 1. The number of likely N-dealkylation sites (N-methyl/N-ethyl adjacent to an activating group) is 1. The maximum Gasteiger partial charge on any atom is 0.252 e. The van der Waals surface area contributed by atoms with Gasteiger partial charge in [-0.05, 0) is 42.6 Å². The van der Waals surface area contributed by atoms with Crippen molar-refractivity contribution < 1.29 is 9.59 Å². The van der Waals surface area contributed by atoms with E-state index in [1.54, 1.807) is 6.07 Å². The third kappa shape index (κ3) is 6.07. The van der Waals surface area contributed by atoms with E-state index >= 15 is 0 Å². The van der Waals surface area contributed by atoms with Crippen LogP contribution in [0.2, 0.25) is 0 Å². The maximum absolute atomic E-state index is 12.8. The molecule has 0 spiro atoms. The second-order valence-corrected chi connectivity index (χ2v) is 8.67. The van der Waals surface area contributed by atoms with E-state index in [1.165, 1.54) is 0 Å². The number of hydrogen-bond donors (Lipinski definition) is 2. The number of aromatic nitrogens is 1. The number of rotatable bonds is 8. The molecule has 1 fully saturated rings. The van der Waals surface area contributed by atoms with Gasteiger partial charge in [0, 0.05) is 44.5 Å². The number of carbonyl (C=O) groups excluding carboxylic acids is 2. The lowest BCUT2D eigenvalue weighted by molar-refractivity contribution is -0.124. The molecule has 2 aromatic rings. The Labute approximate surface area is 191 Å². The number of piperazine rings is 1. The fraction of sp³-hybridized carbons (Fsp3) is 0.480. The maximum atomic E-state index is 12.8. The number of carbonyl (C=O) groups is 2. The molecule has 2 heterocycles. The molecule has 7 nitrogen and oxygen atoms in total. The summed E-state index contributed by atoms with van der Waals surface area (Å²) in [7, 11) is 0. The van der Waals surface area contributed by atoms with E-state index in [0.717, 1.165) is 49.7 Å². The average Bonchev–Trinajstić information content (AvgIpc) is 2.81. The molecular weight excluding hydrogens is 402 g/mol. The molecule has 0 bridgehead atoms. The number of aryl methyl sites for hydroxylation is 1. The first-order valence-corrected chi connectivity index (χ1v) is 11.5. The van der Waals surface area contributed by atoms with Crippen molar-refractivity contribution in [3.63, 3.8) is 0 Å². The van der Waals surface area contributed by atoms with E-state index in [9.17, 15) is 9.59 Å². The second-order valence-electron chi connectivity index (χ2n) is 8.67. The number of pyridine rings is 1. The Bertz CT molecular complexity index is 905. The van der Waals surface area contributed by atoms with Crippen LogP contribution in [-0.2, 0) is 11.3 Å². The first kappa shape index (κ1) is 23.7. The summed E-state index contributed by atoms with van der Waals surface area (Å²) in [5.74, 6) is 0.513. The fourth-order valence-corrected chi connectivity index (χ4v) is 3.88. The molecule has 1 atom stereocenters. The van der Waals surface area contributed by atoms with Crippen molar-refractivity contribution in [3.8, 4) is 0 Å². The summed E-state index contributed by atoms with van der Waals surface area (Å²) in [5.41, 5.74) is 2.41.